The molecule has 8 heteroatoms. The fourth-order valence-electron chi connectivity index (χ4n) is 2.75. The first-order valence-electron chi connectivity index (χ1n) is 6.93. The Balaban J connectivity index is 2.03. The lowest BCUT2D eigenvalue weighted by Gasteiger charge is -2.32. The summed E-state index contributed by atoms with van der Waals surface area (Å²) in [7, 11) is -3.12. The van der Waals surface area contributed by atoms with Gasteiger partial charge in [0.2, 0.25) is 10.0 Å². The molecular formula is C13H21ClN4O2S. The van der Waals surface area contributed by atoms with Gasteiger partial charge in [0.05, 0.1) is 6.26 Å². The quantitative estimate of drug-likeness (QED) is 0.482. The van der Waals surface area contributed by atoms with E-state index in [0.29, 0.717) is 18.2 Å². The number of hydrogen-bond acceptors (Lipinski definition) is 5. The Morgan fingerprint density at radius 2 is 2.33 bits per heavy atom. The second-order valence-corrected chi connectivity index (χ2v) is 7.87. The van der Waals surface area contributed by atoms with Crippen molar-refractivity contribution in [1.82, 2.24) is 14.7 Å². The van der Waals surface area contributed by atoms with E-state index in [2.05, 4.69) is 10.4 Å². The minimum Gasteiger partial charge on any atom is -0.271 e. The Bertz CT molecular complexity index is 564. The summed E-state index contributed by atoms with van der Waals surface area (Å²) in [5.74, 6) is 5.92. The standard InChI is InChI=1S/C13H21ClN4O2S/c1-21(19,20)18-6-2-3-10(9-18)7-12(17-15)11-4-5-13(14)16-8-11/h4-5,8,10,12,17H,2-3,6-7,9,15H2,1H3. The van der Waals surface area contributed by atoms with Crippen LogP contribution in [-0.2, 0) is 10.0 Å². The number of hydrazine groups is 1. The lowest BCUT2D eigenvalue weighted by atomic mass is 9.90. The summed E-state index contributed by atoms with van der Waals surface area (Å²) >= 11 is 5.78. The van der Waals surface area contributed by atoms with Gasteiger partial charge in [-0.05, 0) is 36.8 Å². The van der Waals surface area contributed by atoms with Gasteiger partial charge in [0.15, 0.2) is 0 Å². The molecule has 0 radical (unpaired) electrons. The molecule has 0 bridgehead atoms. The fourth-order valence-corrected chi connectivity index (χ4v) is 3.80. The monoisotopic (exact) mass is 332 g/mol. The van der Waals surface area contributed by atoms with Gasteiger partial charge in [0.25, 0.3) is 0 Å². The molecule has 118 valence electrons. The topological polar surface area (TPSA) is 88.3 Å². The van der Waals surface area contributed by atoms with Crippen LogP contribution < -0.4 is 11.3 Å². The van der Waals surface area contributed by atoms with Crippen LogP contribution in [0.5, 0.6) is 0 Å². The number of pyridine rings is 1. The maximum atomic E-state index is 11.7. The predicted molar refractivity (Wildman–Crippen MR) is 83.1 cm³/mol. The molecule has 1 aromatic heterocycles. The fraction of sp³-hybridized carbons (Fsp3) is 0.615. The van der Waals surface area contributed by atoms with Crippen LogP contribution >= 0.6 is 11.6 Å². The van der Waals surface area contributed by atoms with Crippen molar-refractivity contribution in [2.75, 3.05) is 19.3 Å². The summed E-state index contributed by atoms with van der Waals surface area (Å²) in [5, 5.41) is 0.440. The molecule has 2 atom stereocenters. The summed E-state index contributed by atoms with van der Waals surface area (Å²) in [4.78, 5) is 4.06. The van der Waals surface area contributed by atoms with E-state index >= 15 is 0 Å². The third-order valence-electron chi connectivity index (χ3n) is 3.87. The van der Waals surface area contributed by atoms with E-state index in [1.165, 1.54) is 6.26 Å². The summed E-state index contributed by atoms with van der Waals surface area (Å²) in [5.41, 5.74) is 3.74. The van der Waals surface area contributed by atoms with Gasteiger partial charge in [-0.3, -0.25) is 11.3 Å². The average Bonchev–Trinajstić information content (AvgIpc) is 2.45. The third kappa shape index (κ3) is 4.62. The van der Waals surface area contributed by atoms with Gasteiger partial charge in [-0.15, -0.1) is 0 Å². The van der Waals surface area contributed by atoms with Crippen molar-refractivity contribution in [3.8, 4) is 0 Å². The minimum atomic E-state index is -3.12. The van der Waals surface area contributed by atoms with E-state index < -0.39 is 10.0 Å². The molecule has 1 aliphatic heterocycles. The van der Waals surface area contributed by atoms with Crippen molar-refractivity contribution < 1.29 is 8.42 Å². The van der Waals surface area contributed by atoms with E-state index in [1.54, 1.807) is 16.6 Å². The second-order valence-electron chi connectivity index (χ2n) is 5.50. The molecule has 2 unspecified atom stereocenters. The van der Waals surface area contributed by atoms with E-state index in [1.807, 2.05) is 6.07 Å². The van der Waals surface area contributed by atoms with Crippen molar-refractivity contribution >= 4 is 21.6 Å². The van der Waals surface area contributed by atoms with Gasteiger partial charge in [0.1, 0.15) is 5.15 Å². The molecule has 0 aromatic carbocycles. The lowest BCUT2D eigenvalue weighted by molar-refractivity contribution is 0.238. The zero-order valence-electron chi connectivity index (χ0n) is 12.0. The molecule has 1 saturated heterocycles. The third-order valence-corrected chi connectivity index (χ3v) is 5.37. The van der Waals surface area contributed by atoms with E-state index in [4.69, 9.17) is 17.4 Å². The first-order valence-corrected chi connectivity index (χ1v) is 9.15. The first kappa shape index (κ1) is 16.6. The Hall–Kier alpha value is -0.730. The van der Waals surface area contributed by atoms with Crippen LogP contribution in [0.25, 0.3) is 0 Å². The number of sulfonamides is 1. The highest BCUT2D eigenvalue weighted by Crippen LogP contribution is 2.28. The molecule has 3 N–H and O–H groups in total. The molecule has 0 spiro atoms. The summed E-state index contributed by atoms with van der Waals surface area (Å²) in [6.07, 6.45) is 5.62. The highest BCUT2D eigenvalue weighted by Gasteiger charge is 2.27. The SMILES string of the molecule is CS(=O)(=O)N1CCCC(CC(NN)c2ccc(Cl)nc2)C1. The van der Waals surface area contributed by atoms with Crippen molar-refractivity contribution in [1.29, 1.82) is 0 Å². The van der Waals surface area contributed by atoms with Crippen LogP contribution in [0.15, 0.2) is 18.3 Å². The van der Waals surface area contributed by atoms with E-state index in [0.717, 1.165) is 24.8 Å². The van der Waals surface area contributed by atoms with Crippen molar-refractivity contribution in [3.63, 3.8) is 0 Å². The Labute approximate surface area is 130 Å². The molecule has 2 rings (SSSR count). The number of piperidine rings is 1. The van der Waals surface area contributed by atoms with Crippen LogP contribution in [0, 0.1) is 5.92 Å². The normalized spacial score (nSPS) is 22.1. The molecule has 21 heavy (non-hydrogen) atoms. The first-order chi connectivity index (χ1) is 9.90. The van der Waals surface area contributed by atoms with E-state index in [9.17, 15) is 8.42 Å². The molecule has 0 amide bonds. The van der Waals surface area contributed by atoms with Gasteiger partial charge in [-0.1, -0.05) is 17.7 Å². The maximum absolute atomic E-state index is 11.7. The lowest BCUT2D eigenvalue weighted by Crippen LogP contribution is -2.41. The number of halogens is 1. The number of nitrogens with two attached hydrogens (primary N) is 1. The largest absolute Gasteiger partial charge is 0.271 e. The van der Waals surface area contributed by atoms with E-state index in [-0.39, 0.29) is 12.0 Å². The Kier molecular flexibility index (Phi) is 5.56. The van der Waals surface area contributed by atoms with Crippen LogP contribution in [0.4, 0.5) is 0 Å². The molecule has 6 nitrogen and oxygen atoms in total. The number of hydrogen-bond donors (Lipinski definition) is 2. The second kappa shape index (κ2) is 7.02. The molecule has 1 aromatic rings. The smallest absolute Gasteiger partial charge is 0.211 e. The van der Waals surface area contributed by atoms with Crippen molar-refractivity contribution in [2.24, 2.45) is 11.8 Å². The maximum Gasteiger partial charge on any atom is 0.211 e. The summed E-state index contributed by atoms with van der Waals surface area (Å²) in [6, 6.07) is 3.56. The zero-order chi connectivity index (χ0) is 15.5. The molecule has 1 fully saturated rings. The van der Waals surface area contributed by atoms with Crippen molar-refractivity contribution in [2.45, 2.75) is 25.3 Å². The molecule has 0 saturated carbocycles. The molecule has 0 aliphatic carbocycles. The van der Waals surface area contributed by atoms with Crippen LogP contribution in [0.3, 0.4) is 0 Å². The van der Waals surface area contributed by atoms with Crippen molar-refractivity contribution in [3.05, 3.63) is 29.0 Å². The minimum absolute atomic E-state index is 0.0562. The van der Waals surface area contributed by atoms with Crippen LogP contribution in [0.1, 0.15) is 30.9 Å². The number of aromatic nitrogens is 1. The van der Waals surface area contributed by atoms with Gasteiger partial charge < -0.3 is 0 Å². The van der Waals surface area contributed by atoms with Gasteiger partial charge >= 0.3 is 0 Å². The Morgan fingerprint density at radius 3 is 2.90 bits per heavy atom. The van der Waals surface area contributed by atoms with Gasteiger partial charge in [-0.2, -0.15) is 0 Å². The van der Waals surface area contributed by atoms with Gasteiger partial charge in [0, 0.05) is 25.3 Å². The van der Waals surface area contributed by atoms with Crippen LogP contribution in [0.2, 0.25) is 5.15 Å². The Morgan fingerprint density at radius 1 is 1.57 bits per heavy atom. The highest BCUT2D eigenvalue weighted by atomic mass is 35.5. The summed E-state index contributed by atoms with van der Waals surface area (Å²) in [6.45, 7) is 1.16. The van der Waals surface area contributed by atoms with Crippen LogP contribution in [-0.4, -0.2) is 37.1 Å². The highest BCUT2D eigenvalue weighted by molar-refractivity contribution is 7.88. The molecule has 1 aliphatic rings. The molecule has 2 heterocycles. The average molecular weight is 333 g/mol. The number of nitrogens with zero attached hydrogens (tertiary/aromatic N) is 2. The predicted octanol–water partition coefficient (Wildman–Crippen LogP) is 1.30. The number of rotatable bonds is 5. The zero-order valence-corrected chi connectivity index (χ0v) is 13.6. The number of nitrogens with one attached hydrogen (secondary N) is 1. The van der Waals surface area contributed by atoms with Gasteiger partial charge in [-0.25, -0.2) is 17.7 Å². The summed E-state index contributed by atoms with van der Waals surface area (Å²) < 4.78 is 24.9. The molecular weight excluding hydrogens is 312 g/mol.